The van der Waals surface area contributed by atoms with Gasteiger partial charge in [0.1, 0.15) is 10.6 Å². The van der Waals surface area contributed by atoms with Crippen LogP contribution in [-0.2, 0) is 10.0 Å². The van der Waals surface area contributed by atoms with Gasteiger partial charge in [-0.2, -0.15) is 4.31 Å². The second-order valence-corrected chi connectivity index (χ2v) is 6.92. The maximum Gasteiger partial charge on any atom is 0.273 e. The van der Waals surface area contributed by atoms with Crippen LogP contribution in [-0.4, -0.2) is 50.9 Å². The van der Waals surface area contributed by atoms with Gasteiger partial charge in [-0.25, -0.2) is 8.42 Å². The summed E-state index contributed by atoms with van der Waals surface area (Å²) in [4.78, 5) is 10.2. The molecule has 1 atom stereocenters. The molecule has 1 aromatic rings. The van der Waals surface area contributed by atoms with Crippen LogP contribution in [0.25, 0.3) is 0 Å². The number of sulfonamides is 1. The fourth-order valence-corrected chi connectivity index (χ4v) is 4.51. The van der Waals surface area contributed by atoms with Gasteiger partial charge in [0, 0.05) is 25.2 Å². The number of likely N-dealkylation sites (N-methyl/N-ethyl adjacent to an activating group) is 1. The predicted octanol–water partition coefficient (Wildman–Crippen LogP) is 1.40. The Morgan fingerprint density at radius 2 is 2.17 bits per heavy atom. The number of nitro groups is 1. The number of ether oxygens (including phenoxy) is 1. The van der Waals surface area contributed by atoms with Crippen molar-refractivity contribution in [3.05, 3.63) is 28.3 Å². The molecule has 10 heteroatoms. The lowest BCUT2D eigenvalue weighted by Gasteiger charge is -2.24. The van der Waals surface area contributed by atoms with Crippen LogP contribution in [0.5, 0.6) is 5.75 Å². The second-order valence-electron chi connectivity index (χ2n) is 5.06. The molecule has 0 amide bonds. The zero-order chi connectivity index (χ0) is 16.3. The van der Waals surface area contributed by atoms with E-state index in [0.717, 1.165) is 18.9 Å². The van der Waals surface area contributed by atoms with Crippen LogP contribution in [0.2, 0.25) is 0 Å². The van der Waals surface area contributed by atoms with Gasteiger partial charge >= 0.3 is 0 Å². The van der Waals surface area contributed by atoms with Crippen LogP contribution < -0.4 is 10.1 Å². The molecule has 0 radical (unpaired) electrons. The van der Waals surface area contributed by atoms with E-state index in [2.05, 4.69) is 5.32 Å². The van der Waals surface area contributed by atoms with Crippen molar-refractivity contribution in [2.45, 2.75) is 23.8 Å². The van der Waals surface area contributed by atoms with Crippen molar-refractivity contribution in [2.75, 3.05) is 27.2 Å². The topological polar surface area (TPSA) is 102 Å². The van der Waals surface area contributed by atoms with E-state index in [-0.39, 0.29) is 34.8 Å². The molecule has 1 aromatic carbocycles. The van der Waals surface area contributed by atoms with Crippen LogP contribution >= 0.6 is 12.4 Å². The van der Waals surface area contributed by atoms with E-state index in [0.29, 0.717) is 13.1 Å². The van der Waals surface area contributed by atoms with Gasteiger partial charge in [0.15, 0.2) is 0 Å². The minimum absolute atomic E-state index is 0. The normalized spacial score (nSPS) is 18.4. The molecule has 8 nitrogen and oxygen atoms in total. The Balaban J connectivity index is 0.00000264. The van der Waals surface area contributed by atoms with Gasteiger partial charge < -0.3 is 10.1 Å². The lowest BCUT2D eigenvalue weighted by atomic mass is 10.2. The van der Waals surface area contributed by atoms with E-state index >= 15 is 0 Å². The Bertz CT molecular complexity index is 668. The summed E-state index contributed by atoms with van der Waals surface area (Å²) in [6.07, 6.45) is 1.58. The Morgan fingerprint density at radius 3 is 2.74 bits per heavy atom. The standard InChI is InChI=1S/C13H19N3O5S.ClH/c1-14-9-11-4-3-7-15(11)22(19,20)13-6-5-10(16(17)18)8-12(13)21-2;/h5-6,8,11,14H,3-4,7,9H2,1-2H3;1H. The number of nitro benzene ring substituents is 1. The monoisotopic (exact) mass is 365 g/mol. The SMILES string of the molecule is CNCC1CCCN1S(=O)(=O)c1ccc([N+](=O)[O-])cc1OC.Cl. The van der Waals surface area contributed by atoms with E-state index < -0.39 is 14.9 Å². The Hall–Kier alpha value is -1.42. The van der Waals surface area contributed by atoms with Crippen molar-refractivity contribution in [3.8, 4) is 5.75 Å². The van der Waals surface area contributed by atoms with Crippen LogP contribution in [0.4, 0.5) is 5.69 Å². The molecule has 0 aromatic heterocycles. The average molecular weight is 366 g/mol. The number of hydrogen-bond acceptors (Lipinski definition) is 6. The lowest BCUT2D eigenvalue weighted by Crippen LogP contribution is -2.40. The number of non-ortho nitro benzene ring substituents is 1. The van der Waals surface area contributed by atoms with Crippen LogP contribution in [0.3, 0.4) is 0 Å². The zero-order valence-electron chi connectivity index (χ0n) is 12.9. The van der Waals surface area contributed by atoms with E-state index in [1.807, 2.05) is 0 Å². The third-order valence-corrected chi connectivity index (χ3v) is 5.70. The summed E-state index contributed by atoms with van der Waals surface area (Å²) in [7, 11) is -0.677. The Labute approximate surface area is 141 Å². The molecule has 0 saturated carbocycles. The molecule has 1 heterocycles. The summed E-state index contributed by atoms with van der Waals surface area (Å²) in [5, 5.41) is 13.8. The summed E-state index contributed by atoms with van der Waals surface area (Å²) in [5.41, 5.74) is -0.205. The third kappa shape index (κ3) is 3.92. The molecule has 1 aliphatic rings. The molecule has 130 valence electrons. The lowest BCUT2D eigenvalue weighted by molar-refractivity contribution is -0.385. The van der Waals surface area contributed by atoms with Crippen molar-refractivity contribution in [2.24, 2.45) is 0 Å². The number of methoxy groups -OCH3 is 1. The molecule has 23 heavy (non-hydrogen) atoms. The minimum Gasteiger partial charge on any atom is -0.495 e. The molecule has 0 spiro atoms. The van der Waals surface area contributed by atoms with Gasteiger partial charge in [0.25, 0.3) is 5.69 Å². The summed E-state index contributed by atoms with van der Waals surface area (Å²) >= 11 is 0. The molecule has 0 bridgehead atoms. The molecular weight excluding hydrogens is 346 g/mol. The maximum absolute atomic E-state index is 12.8. The third-order valence-electron chi connectivity index (χ3n) is 3.71. The minimum atomic E-state index is -3.75. The summed E-state index contributed by atoms with van der Waals surface area (Å²) in [5.74, 6) is -0.00990. The van der Waals surface area contributed by atoms with Crippen molar-refractivity contribution < 1.29 is 18.1 Å². The van der Waals surface area contributed by atoms with Gasteiger partial charge in [0.2, 0.25) is 10.0 Å². The van der Waals surface area contributed by atoms with E-state index in [1.54, 1.807) is 7.05 Å². The zero-order valence-corrected chi connectivity index (χ0v) is 14.5. The molecule has 1 unspecified atom stereocenters. The van der Waals surface area contributed by atoms with Gasteiger partial charge in [-0.1, -0.05) is 0 Å². The van der Waals surface area contributed by atoms with Crippen LogP contribution in [0.15, 0.2) is 23.1 Å². The molecule has 0 aliphatic carbocycles. The van der Waals surface area contributed by atoms with E-state index in [9.17, 15) is 18.5 Å². The summed E-state index contributed by atoms with van der Waals surface area (Å²) in [6.45, 7) is 1.00. The van der Waals surface area contributed by atoms with Crippen molar-refractivity contribution in [1.29, 1.82) is 0 Å². The first kappa shape index (κ1) is 19.6. The second kappa shape index (κ2) is 7.91. The number of halogens is 1. The molecule has 1 aliphatic heterocycles. The van der Waals surface area contributed by atoms with E-state index in [4.69, 9.17) is 4.74 Å². The van der Waals surface area contributed by atoms with E-state index in [1.165, 1.54) is 23.5 Å². The molecule has 1 fully saturated rings. The smallest absolute Gasteiger partial charge is 0.273 e. The van der Waals surface area contributed by atoms with Gasteiger partial charge in [-0.3, -0.25) is 10.1 Å². The van der Waals surface area contributed by atoms with Gasteiger partial charge in [-0.05, 0) is 26.0 Å². The van der Waals surface area contributed by atoms with Crippen LogP contribution in [0.1, 0.15) is 12.8 Å². The molecule has 1 N–H and O–H groups in total. The van der Waals surface area contributed by atoms with Crippen molar-refractivity contribution in [1.82, 2.24) is 9.62 Å². The maximum atomic E-state index is 12.8. The number of nitrogens with one attached hydrogen (secondary N) is 1. The highest BCUT2D eigenvalue weighted by molar-refractivity contribution is 7.89. The number of nitrogens with zero attached hydrogens (tertiary/aromatic N) is 2. The number of rotatable bonds is 6. The summed E-state index contributed by atoms with van der Waals surface area (Å²) < 4.78 is 32.1. The predicted molar refractivity (Wildman–Crippen MR) is 87.7 cm³/mol. The molecule has 2 rings (SSSR count). The number of benzene rings is 1. The van der Waals surface area contributed by atoms with Crippen molar-refractivity contribution >= 4 is 28.1 Å². The average Bonchev–Trinajstić information content (AvgIpc) is 2.96. The number of hydrogen-bond donors (Lipinski definition) is 1. The van der Waals surface area contributed by atoms with Crippen LogP contribution in [0, 0.1) is 10.1 Å². The Morgan fingerprint density at radius 1 is 1.48 bits per heavy atom. The first-order chi connectivity index (χ1) is 10.4. The highest BCUT2D eigenvalue weighted by atomic mass is 35.5. The quantitative estimate of drug-likeness (QED) is 0.604. The first-order valence-electron chi connectivity index (χ1n) is 6.90. The highest BCUT2D eigenvalue weighted by Crippen LogP contribution is 2.33. The molecule has 1 saturated heterocycles. The fraction of sp³-hybridized carbons (Fsp3) is 0.538. The highest BCUT2D eigenvalue weighted by Gasteiger charge is 2.36. The molecular formula is C13H20ClN3O5S. The van der Waals surface area contributed by atoms with Gasteiger partial charge in [0.05, 0.1) is 18.1 Å². The fourth-order valence-electron chi connectivity index (χ4n) is 2.67. The first-order valence-corrected chi connectivity index (χ1v) is 8.34. The summed E-state index contributed by atoms with van der Waals surface area (Å²) in [6, 6.07) is 3.44. The van der Waals surface area contributed by atoms with Gasteiger partial charge in [-0.15, -0.1) is 12.4 Å². The van der Waals surface area contributed by atoms with Crippen molar-refractivity contribution in [3.63, 3.8) is 0 Å². The Kier molecular flexibility index (Phi) is 6.75. The largest absolute Gasteiger partial charge is 0.495 e.